The van der Waals surface area contributed by atoms with Gasteiger partial charge in [0.1, 0.15) is 5.75 Å². The lowest BCUT2D eigenvalue weighted by Crippen LogP contribution is -2.13. The number of aromatic carboxylic acids is 1. The summed E-state index contributed by atoms with van der Waals surface area (Å²) in [6.07, 6.45) is 2.45. The van der Waals surface area contributed by atoms with E-state index in [1.54, 1.807) is 0 Å². The minimum absolute atomic E-state index is 0.0473. The zero-order valence-electron chi connectivity index (χ0n) is 12.0. The van der Waals surface area contributed by atoms with Crippen LogP contribution in [0.5, 0.6) is 5.75 Å². The first-order chi connectivity index (χ1) is 9.27. The molecule has 0 aliphatic heterocycles. The van der Waals surface area contributed by atoms with E-state index in [0.717, 1.165) is 17.7 Å². The van der Waals surface area contributed by atoms with Gasteiger partial charge in [-0.1, -0.05) is 20.8 Å². The summed E-state index contributed by atoms with van der Waals surface area (Å²) in [4.78, 5) is 12.6. The fourth-order valence-corrected chi connectivity index (χ4v) is 2.95. The zero-order chi connectivity index (χ0) is 15.0. The quantitative estimate of drug-likeness (QED) is 0.896. The standard InChI is InChI=1S/C15H19NO3S/c1-14(2,3)11-8-10(12(20-11)13(17)18)19-9-15(4-5-15)6-7-16/h8H,4-6,9H2,1-3H3,(H,17,18). The van der Waals surface area contributed by atoms with Crippen molar-refractivity contribution in [3.05, 3.63) is 15.8 Å². The second-order valence-corrected chi connectivity index (χ2v) is 7.53. The molecule has 1 fully saturated rings. The van der Waals surface area contributed by atoms with Crippen molar-refractivity contribution >= 4 is 17.3 Å². The third kappa shape index (κ3) is 3.13. The number of ether oxygens (including phenoxy) is 1. The number of carboxylic acids is 1. The van der Waals surface area contributed by atoms with Crippen molar-refractivity contribution in [2.24, 2.45) is 5.41 Å². The van der Waals surface area contributed by atoms with Crippen molar-refractivity contribution in [2.45, 2.75) is 45.4 Å². The highest BCUT2D eigenvalue weighted by Gasteiger charge is 2.43. The van der Waals surface area contributed by atoms with Gasteiger partial charge in [-0.3, -0.25) is 0 Å². The Hall–Kier alpha value is -1.54. The van der Waals surface area contributed by atoms with E-state index < -0.39 is 5.97 Å². The predicted molar refractivity (Wildman–Crippen MR) is 77.4 cm³/mol. The molecule has 5 heteroatoms. The first-order valence-electron chi connectivity index (χ1n) is 6.65. The highest BCUT2D eigenvalue weighted by Crippen LogP contribution is 2.49. The van der Waals surface area contributed by atoms with E-state index in [-0.39, 0.29) is 15.7 Å². The summed E-state index contributed by atoms with van der Waals surface area (Å²) in [5.74, 6) is -0.512. The molecule has 1 saturated carbocycles. The van der Waals surface area contributed by atoms with Gasteiger partial charge in [0.05, 0.1) is 12.7 Å². The molecule has 4 nitrogen and oxygen atoms in total. The van der Waals surface area contributed by atoms with Crippen LogP contribution < -0.4 is 4.74 Å². The van der Waals surface area contributed by atoms with E-state index >= 15 is 0 Å². The molecule has 1 N–H and O–H groups in total. The Balaban J connectivity index is 2.17. The van der Waals surface area contributed by atoms with Crippen LogP contribution in [0.25, 0.3) is 0 Å². The van der Waals surface area contributed by atoms with Crippen molar-refractivity contribution in [3.63, 3.8) is 0 Å². The maximum atomic E-state index is 11.3. The van der Waals surface area contributed by atoms with E-state index in [1.165, 1.54) is 11.3 Å². The number of carboxylic acid groups (broad SMARTS) is 1. The molecule has 0 atom stereocenters. The van der Waals surface area contributed by atoms with Crippen LogP contribution in [0, 0.1) is 16.7 Å². The van der Waals surface area contributed by atoms with Crippen molar-refractivity contribution in [1.82, 2.24) is 0 Å². The molecule has 0 radical (unpaired) electrons. The lowest BCUT2D eigenvalue weighted by molar-refractivity contribution is 0.0696. The molecule has 0 unspecified atom stereocenters. The molecular formula is C15H19NO3S. The number of hydrogen-bond acceptors (Lipinski definition) is 4. The Labute approximate surface area is 123 Å². The molecule has 0 spiro atoms. The van der Waals surface area contributed by atoms with Crippen LogP contribution in [0.15, 0.2) is 6.07 Å². The monoisotopic (exact) mass is 293 g/mol. The predicted octanol–water partition coefficient (Wildman–Crippen LogP) is 3.82. The summed E-state index contributed by atoms with van der Waals surface area (Å²) < 4.78 is 5.73. The molecular weight excluding hydrogens is 274 g/mol. The van der Waals surface area contributed by atoms with Crippen LogP contribution in [-0.2, 0) is 5.41 Å². The third-order valence-electron chi connectivity index (χ3n) is 3.58. The van der Waals surface area contributed by atoms with E-state index in [2.05, 4.69) is 6.07 Å². The molecule has 20 heavy (non-hydrogen) atoms. The number of nitrogens with zero attached hydrogens (tertiary/aromatic N) is 1. The summed E-state index contributed by atoms with van der Waals surface area (Å²) in [5.41, 5.74) is -0.144. The van der Waals surface area contributed by atoms with Gasteiger partial charge in [-0.2, -0.15) is 5.26 Å². The molecule has 1 heterocycles. The Morgan fingerprint density at radius 1 is 1.55 bits per heavy atom. The van der Waals surface area contributed by atoms with Gasteiger partial charge in [0.2, 0.25) is 0 Å². The van der Waals surface area contributed by atoms with Gasteiger partial charge in [-0.15, -0.1) is 11.3 Å². The molecule has 108 valence electrons. The van der Waals surface area contributed by atoms with Crippen molar-refractivity contribution in [3.8, 4) is 11.8 Å². The Kier molecular flexibility index (Phi) is 3.79. The summed E-state index contributed by atoms with van der Waals surface area (Å²) >= 11 is 1.27. The first kappa shape index (κ1) is 14.9. The van der Waals surface area contributed by atoms with E-state index in [9.17, 15) is 9.90 Å². The average Bonchev–Trinajstić information content (AvgIpc) is 2.94. The molecule has 0 amide bonds. The van der Waals surface area contributed by atoms with Crippen LogP contribution >= 0.6 is 11.3 Å². The Morgan fingerprint density at radius 2 is 2.20 bits per heavy atom. The average molecular weight is 293 g/mol. The van der Waals surface area contributed by atoms with E-state index in [4.69, 9.17) is 10.00 Å². The topological polar surface area (TPSA) is 70.3 Å². The third-order valence-corrected chi connectivity index (χ3v) is 5.11. The lowest BCUT2D eigenvalue weighted by atomic mass is 9.95. The summed E-state index contributed by atoms with van der Waals surface area (Å²) in [6, 6.07) is 4.01. The smallest absolute Gasteiger partial charge is 0.349 e. The van der Waals surface area contributed by atoms with Crippen LogP contribution in [0.4, 0.5) is 0 Å². The van der Waals surface area contributed by atoms with Gasteiger partial charge in [0, 0.05) is 16.7 Å². The summed E-state index contributed by atoms with van der Waals surface area (Å²) in [6.45, 7) is 6.58. The van der Waals surface area contributed by atoms with Gasteiger partial charge < -0.3 is 9.84 Å². The molecule has 1 aromatic rings. The maximum Gasteiger partial charge on any atom is 0.349 e. The molecule has 0 saturated heterocycles. The van der Waals surface area contributed by atoms with E-state index in [0.29, 0.717) is 18.8 Å². The second-order valence-electron chi connectivity index (χ2n) is 6.48. The lowest BCUT2D eigenvalue weighted by Gasteiger charge is -2.15. The van der Waals surface area contributed by atoms with Gasteiger partial charge >= 0.3 is 5.97 Å². The van der Waals surface area contributed by atoms with Crippen molar-refractivity contribution < 1.29 is 14.6 Å². The molecule has 0 aromatic carbocycles. The fraction of sp³-hybridized carbons (Fsp3) is 0.600. The minimum Gasteiger partial charge on any atom is -0.491 e. The SMILES string of the molecule is CC(C)(C)c1cc(OCC2(CC#N)CC2)c(C(=O)O)s1. The van der Waals surface area contributed by atoms with E-state index in [1.807, 2.05) is 26.8 Å². The van der Waals surface area contributed by atoms with Gasteiger partial charge in [-0.05, 0) is 24.3 Å². The molecule has 0 bridgehead atoms. The second kappa shape index (κ2) is 5.10. The van der Waals surface area contributed by atoms with Crippen molar-refractivity contribution in [1.29, 1.82) is 5.26 Å². The maximum absolute atomic E-state index is 11.3. The molecule has 2 rings (SSSR count). The summed E-state index contributed by atoms with van der Waals surface area (Å²) in [5, 5.41) is 18.1. The van der Waals surface area contributed by atoms with Crippen LogP contribution in [0.3, 0.4) is 0 Å². The van der Waals surface area contributed by atoms with Crippen LogP contribution in [-0.4, -0.2) is 17.7 Å². The molecule has 1 aromatic heterocycles. The molecule has 1 aliphatic rings. The number of thiophene rings is 1. The largest absolute Gasteiger partial charge is 0.491 e. The zero-order valence-corrected chi connectivity index (χ0v) is 12.8. The van der Waals surface area contributed by atoms with Gasteiger partial charge in [0.15, 0.2) is 4.88 Å². The highest BCUT2D eigenvalue weighted by molar-refractivity contribution is 7.14. The first-order valence-corrected chi connectivity index (χ1v) is 7.46. The number of rotatable bonds is 5. The number of carbonyl (C=O) groups is 1. The normalized spacial score (nSPS) is 16.5. The number of nitriles is 1. The van der Waals surface area contributed by atoms with Crippen molar-refractivity contribution in [2.75, 3.05) is 6.61 Å². The highest BCUT2D eigenvalue weighted by atomic mass is 32.1. The number of hydrogen-bond donors (Lipinski definition) is 1. The van der Waals surface area contributed by atoms with Crippen LogP contribution in [0.1, 0.15) is 54.6 Å². The minimum atomic E-state index is -0.953. The fourth-order valence-electron chi connectivity index (χ4n) is 1.95. The Bertz CT molecular complexity index is 559. The molecule has 1 aliphatic carbocycles. The Morgan fingerprint density at radius 3 is 2.65 bits per heavy atom. The van der Waals surface area contributed by atoms with Gasteiger partial charge in [0.25, 0.3) is 0 Å². The van der Waals surface area contributed by atoms with Gasteiger partial charge in [-0.25, -0.2) is 4.79 Å². The summed E-state index contributed by atoms with van der Waals surface area (Å²) in [7, 11) is 0. The van der Waals surface area contributed by atoms with Crippen LogP contribution in [0.2, 0.25) is 0 Å².